The second-order valence-electron chi connectivity index (χ2n) is 5.27. The molecule has 8 nitrogen and oxygen atoms in total. The second-order valence-corrected chi connectivity index (χ2v) is 6.27. The Morgan fingerprint density at radius 1 is 1.11 bits per heavy atom. The topological polar surface area (TPSA) is 116 Å². The Kier molecular flexibility index (Phi) is 5.41. The van der Waals surface area contributed by atoms with Crippen LogP contribution in [-0.2, 0) is 9.53 Å². The number of rotatable bonds is 6. The zero-order valence-electron chi connectivity index (χ0n) is 14.3. The lowest BCUT2D eigenvalue weighted by Crippen LogP contribution is -2.00. The van der Waals surface area contributed by atoms with Gasteiger partial charge < -0.3 is 18.7 Å². The van der Waals surface area contributed by atoms with E-state index in [1.807, 2.05) is 0 Å². The molecule has 138 valence electrons. The number of thioether (sulfide) groups is 1. The number of furan rings is 1. The van der Waals surface area contributed by atoms with Crippen LogP contribution in [0.3, 0.4) is 0 Å². The van der Waals surface area contributed by atoms with Crippen LogP contribution < -0.4 is 0 Å². The summed E-state index contributed by atoms with van der Waals surface area (Å²) in [5.41, 5.74) is 1.16. The van der Waals surface area contributed by atoms with Crippen LogP contribution in [0.1, 0.15) is 22.0 Å². The highest BCUT2D eigenvalue weighted by Crippen LogP contribution is 2.29. The summed E-state index contributed by atoms with van der Waals surface area (Å²) in [7, 11) is 1.31. The lowest BCUT2D eigenvalue weighted by Gasteiger charge is -2.01. The van der Waals surface area contributed by atoms with Crippen molar-refractivity contribution in [1.29, 1.82) is 0 Å². The predicted octanol–water partition coefficient (Wildman–Crippen LogP) is 3.64. The number of ether oxygens (including phenoxy) is 1. The normalized spacial score (nSPS) is 11.4. The van der Waals surface area contributed by atoms with E-state index >= 15 is 0 Å². The van der Waals surface area contributed by atoms with Gasteiger partial charge in [0.1, 0.15) is 16.4 Å². The molecule has 0 saturated heterocycles. The molecule has 1 aromatic carbocycles. The van der Waals surface area contributed by atoms with Gasteiger partial charge in [0.15, 0.2) is 0 Å². The van der Waals surface area contributed by atoms with E-state index < -0.39 is 11.9 Å². The van der Waals surface area contributed by atoms with Gasteiger partial charge in [0.2, 0.25) is 5.89 Å². The number of carboxylic acid groups (broad SMARTS) is 1. The Labute approximate surface area is 157 Å². The monoisotopic (exact) mass is 386 g/mol. The number of hydrogen-bond acceptors (Lipinski definition) is 8. The summed E-state index contributed by atoms with van der Waals surface area (Å²) in [4.78, 5) is 22.9. The van der Waals surface area contributed by atoms with Crippen molar-refractivity contribution < 1.29 is 28.3 Å². The number of aromatic nitrogens is 2. The molecule has 0 saturated carbocycles. The minimum Gasteiger partial charge on any atom is -0.477 e. The Hall–Kier alpha value is -3.33. The van der Waals surface area contributed by atoms with Gasteiger partial charge in [-0.3, -0.25) is 0 Å². The van der Waals surface area contributed by atoms with E-state index in [0.717, 1.165) is 17.3 Å². The van der Waals surface area contributed by atoms with Gasteiger partial charge in [-0.05, 0) is 36.0 Å². The van der Waals surface area contributed by atoms with Crippen LogP contribution in [0.5, 0.6) is 0 Å². The molecule has 27 heavy (non-hydrogen) atoms. The largest absolute Gasteiger partial charge is 0.477 e. The van der Waals surface area contributed by atoms with Gasteiger partial charge in [-0.1, -0.05) is 12.1 Å². The summed E-state index contributed by atoms with van der Waals surface area (Å²) in [6.45, 7) is 1.62. The van der Waals surface area contributed by atoms with Crippen molar-refractivity contribution in [2.45, 2.75) is 12.1 Å². The number of benzene rings is 1. The highest BCUT2D eigenvalue weighted by atomic mass is 32.2. The van der Waals surface area contributed by atoms with Crippen molar-refractivity contribution in [3.63, 3.8) is 0 Å². The first-order valence-corrected chi connectivity index (χ1v) is 8.49. The molecule has 0 atom stereocenters. The van der Waals surface area contributed by atoms with Gasteiger partial charge in [0.05, 0.1) is 12.7 Å². The average molecular weight is 386 g/mol. The van der Waals surface area contributed by atoms with E-state index in [-0.39, 0.29) is 10.1 Å². The van der Waals surface area contributed by atoms with Crippen molar-refractivity contribution in [3.8, 4) is 11.3 Å². The van der Waals surface area contributed by atoms with E-state index in [9.17, 15) is 14.7 Å². The Morgan fingerprint density at radius 3 is 2.44 bits per heavy atom. The molecule has 2 heterocycles. The molecular formula is C18H14N2O6S. The van der Waals surface area contributed by atoms with Gasteiger partial charge in [-0.25, -0.2) is 9.59 Å². The Bertz CT molecular complexity index is 1000. The molecule has 0 amide bonds. The van der Waals surface area contributed by atoms with Crippen molar-refractivity contribution >= 4 is 29.8 Å². The zero-order chi connectivity index (χ0) is 19.4. The van der Waals surface area contributed by atoms with Crippen LogP contribution in [0.15, 0.2) is 55.4 Å². The van der Waals surface area contributed by atoms with Gasteiger partial charge in [0, 0.05) is 18.6 Å². The van der Waals surface area contributed by atoms with Gasteiger partial charge in [-0.15, -0.1) is 10.2 Å². The maximum Gasteiger partial charge on any atom is 0.342 e. The summed E-state index contributed by atoms with van der Waals surface area (Å²) in [5, 5.41) is 16.9. The first-order chi connectivity index (χ1) is 13.0. The quantitative estimate of drug-likeness (QED) is 0.385. The fourth-order valence-electron chi connectivity index (χ4n) is 2.15. The fraction of sp³-hybridized carbons (Fsp3) is 0.111. The van der Waals surface area contributed by atoms with Crippen LogP contribution in [-0.4, -0.2) is 34.4 Å². The van der Waals surface area contributed by atoms with Crippen LogP contribution in [0.25, 0.3) is 17.4 Å². The van der Waals surface area contributed by atoms with Gasteiger partial charge in [0.25, 0.3) is 5.22 Å². The van der Waals surface area contributed by atoms with Crippen molar-refractivity contribution in [2.24, 2.45) is 0 Å². The molecule has 3 rings (SSSR count). The molecule has 0 aliphatic rings. The second kappa shape index (κ2) is 7.92. The Morgan fingerprint density at radius 2 is 1.85 bits per heavy atom. The van der Waals surface area contributed by atoms with E-state index in [1.165, 1.54) is 13.2 Å². The molecule has 0 aliphatic heterocycles. The third-order valence-electron chi connectivity index (χ3n) is 3.41. The van der Waals surface area contributed by atoms with Crippen LogP contribution in [0.4, 0.5) is 0 Å². The van der Waals surface area contributed by atoms with E-state index in [0.29, 0.717) is 23.0 Å². The standard InChI is InChI=1S/C18H14N2O6S/c1-10-19-20-18(25-10)27-15(16(21)22)9-13-7-8-14(26-13)11-3-5-12(6-4-11)17(23)24-2/h3-9H,1-2H3,(H,21,22)/b15-9-. The number of methoxy groups -OCH3 is 1. The first kappa shape index (κ1) is 18.5. The number of aliphatic carboxylic acids is 1. The predicted molar refractivity (Wildman–Crippen MR) is 96.0 cm³/mol. The molecule has 9 heteroatoms. The highest BCUT2D eigenvalue weighted by molar-refractivity contribution is 8.03. The molecular weight excluding hydrogens is 372 g/mol. The van der Waals surface area contributed by atoms with Crippen LogP contribution >= 0.6 is 11.8 Å². The number of carbonyl (C=O) groups excluding carboxylic acids is 1. The number of hydrogen-bond donors (Lipinski definition) is 1. The van der Waals surface area contributed by atoms with E-state index in [1.54, 1.807) is 43.3 Å². The highest BCUT2D eigenvalue weighted by Gasteiger charge is 2.15. The average Bonchev–Trinajstić information content (AvgIpc) is 3.29. The van der Waals surface area contributed by atoms with Crippen molar-refractivity contribution in [1.82, 2.24) is 10.2 Å². The number of esters is 1. The van der Waals surface area contributed by atoms with Crippen molar-refractivity contribution in [2.75, 3.05) is 7.11 Å². The molecule has 0 radical (unpaired) electrons. The maximum atomic E-state index is 11.5. The summed E-state index contributed by atoms with van der Waals surface area (Å²) >= 11 is 0.835. The van der Waals surface area contributed by atoms with Crippen molar-refractivity contribution in [3.05, 3.63) is 58.5 Å². The molecule has 2 aromatic heterocycles. The molecule has 3 aromatic rings. The molecule has 1 N–H and O–H groups in total. The lowest BCUT2D eigenvalue weighted by atomic mass is 10.1. The number of carbonyl (C=O) groups is 2. The van der Waals surface area contributed by atoms with Gasteiger partial charge in [-0.2, -0.15) is 0 Å². The number of carboxylic acids is 1. The summed E-state index contributed by atoms with van der Waals surface area (Å²) in [5.74, 6) is -0.345. The maximum absolute atomic E-state index is 11.5. The van der Waals surface area contributed by atoms with E-state index in [4.69, 9.17) is 8.83 Å². The van der Waals surface area contributed by atoms with Gasteiger partial charge >= 0.3 is 11.9 Å². The lowest BCUT2D eigenvalue weighted by molar-refractivity contribution is -0.131. The van der Waals surface area contributed by atoms with Crippen LogP contribution in [0, 0.1) is 6.92 Å². The van der Waals surface area contributed by atoms with E-state index in [2.05, 4.69) is 14.9 Å². The molecule has 0 bridgehead atoms. The summed E-state index contributed by atoms with van der Waals surface area (Å²) in [6, 6.07) is 10.0. The number of aryl methyl sites for hydroxylation is 1. The fourth-order valence-corrected chi connectivity index (χ4v) is 2.85. The summed E-state index contributed by atoms with van der Waals surface area (Å²) < 4.78 is 15.5. The Balaban J connectivity index is 1.81. The summed E-state index contributed by atoms with van der Waals surface area (Å²) in [6.07, 6.45) is 1.37. The molecule has 0 aliphatic carbocycles. The first-order valence-electron chi connectivity index (χ1n) is 7.68. The zero-order valence-corrected chi connectivity index (χ0v) is 15.1. The minimum atomic E-state index is -1.14. The minimum absolute atomic E-state index is 0.0272. The molecule has 0 fully saturated rings. The molecule has 0 unspecified atom stereocenters. The van der Waals surface area contributed by atoms with Crippen LogP contribution in [0.2, 0.25) is 0 Å². The number of nitrogens with zero attached hydrogens (tertiary/aromatic N) is 2. The SMILES string of the molecule is COC(=O)c1ccc(-c2ccc(/C=C(\Sc3nnc(C)o3)C(=O)O)o2)cc1. The smallest absolute Gasteiger partial charge is 0.342 e. The molecule has 0 spiro atoms. The third-order valence-corrected chi connectivity index (χ3v) is 4.26. The third kappa shape index (κ3) is 4.45.